The highest BCUT2D eigenvalue weighted by Crippen LogP contribution is 2.26. The summed E-state index contributed by atoms with van der Waals surface area (Å²) >= 11 is 0. The molecule has 1 atom stereocenters. The van der Waals surface area contributed by atoms with Gasteiger partial charge in [0.25, 0.3) is 0 Å². The summed E-state index contributed by atoms with van der Waals surface area (Å²) in [6.45, 7) is 2.23. The van der Waals surface area contributed by atoms with Gasteiger partial charge in [-0.1, -0.05) is 18.2 Å². The van der Waals surface area contributed by atoms with Gasteiger partial charge in [-0.15, -0.1) is 0 Å². The maximum Gasteiger partial charge on any atom is 0.227 e. The quantitative estimate of drug-likeness (QED) is 0.873. The summed E-state index contributed by atoms with van der Waals surface area (Å²) in [5, 5.41) is 9.05. The lowest BCUT2D eigenvalue weighted by Crippen LogP contribution is -2.48. The highest BCUT2D eigenvalue weighted by molar-refractivity contribution is 5.84. The van der Waals surface area contributed by atoms with Crippen LogP contribution in [0.1, 0.15) is 37.7 Å². The van der Waals surface area contributed by atoms with Crippen LogP contribution in [-0.4, -0.2) is 53.0 Å². The Bertz CT molecular complexity index is 644. The van der Waals surface area contributed by atoms with Crippen molar-refractivity contribution in [3.05, 3.63) is 35.6 Å². The van der Waals surface area contributed by atoms with Crippen molar-refractivity contribution >= 4 is 11.8 Å². The van der Waals surface area contributed by atoms with Gasteiger partial charge in [0, 0.05) is 44.8 Å². The summed E-state index contributed by atoms with van der Waals surface area (Å²) in [6.07, 6.45) is 3.57. The first-order chi connectivity index (χ1) is 12.6. The molecule has 6 heteroatoms. The van der Waals surface area contributed by atoms with Gasteiger partial charge in [0.2, 0.25) is 11.8 Å². The van der Waals surface area contributed by atoms with Gasteiger partial charge in [-0.25, -0.2) is 4.39 Å². The number of likely N-dealkylation sites (tertiary alicyclic amines) is 2. The van der Waals surface area contributed by atoms with E-state index >= 15 is 0 Å². The molecule has 1 aromatic carbocycles. The van der Waals surface area contributed by atoms with Gasteiger partial charge in [-0.05, 0) is 37.7 Å². The van der Waals surface area contributed by atoms with Crippen LogP contribution in [0.25, 0.3) is 0 Å². The van der Waals surface area contributed by atoms with E-state index in [9.17, 15) is 14.0 Å². The van der Waals surface area contributed by atoms with Gasteiger partial charge in [-0.2, -0.15) is 0 Å². The number of aliphatic hydroxyl groups is 1. The van der Waals surface area contributed by atoms with Crippen LogP contribution in [0.3, 0.4) is 0 Å². The van der Waals surface area contributed by atoms with Crippen LogP contribution < -0.4 is 0 Å². The van der Waals surface area contributed by atoms with Crippen LogP contribution in [0, 0.1) is 17.7 Å². The fourth-order valence-corrected chi connectivity index (χ4v) is 3.98. The van der Waals surface area contributed by atoms with Gasteiger partial charge in [-0.3, -0.25) is 9.59 Å². The van der Waals surface area contributed by atoms with Crippen molar-refractivity contribution < 1.29 is 19.1 Å². The van der Waals surface area contributed by atoms with E-state index in [1.807, 2.05) is 4.90 Å². The standard InChI is InChI=1S/C20H27FN2O3/c21-18-4-2-1-3-16(18)13-23-14-17(5-6-19(23)25)20(26)22-10-7-15(8-11-22)9-12-24/h1-4,15,17,24H,5-14H2/t17-/m1/s1. The summed E-state index contributed by atoms with van der Waals surface area (Å²) in [6, 6.07) is 6.46. The third-order valence-electron chi connectivity index (χ3n) is 5.63. The van der Waals surface area contributed by atoms with Crippen molar-refractivity contribution in [2.45, 2.75) is 38.6 Å². The van der Waals surface area contributed by atoms with E-state index < -0.39 is 0 Å². The van der Waals surface area contributed by atoms with Crippen molar-refractivity contribution in [3.63, 3.8) is 0 Å². The third kappa shape index (κ3) is 4.41. The van der Waals surface area contributed by atoms with Gasteiger partial charge < -0.3 is 14.9 Å². The highest BCUT2D eigenvalue weighted by atomic mass is 19.1. The van der Waals surface area contributed by atoms with Crippen LogP contribution >= 0.6 is 0 Å². The van der Waals surface area contributed by atoms with Crippen LogP contribution in [0.2, 0.25) is 0 Å². The van der Waals surface area contributed by atoms with Gasteiger partial charge >= 0.3 is 0 Å². The number of hydrogen-bond donors (Lipinski definition) is 1. The summed E-state index contributed by atoms with van der Waals surface area (Å²) < 4.78 is 13.9. The molecule has 2 amide bonds. The molecule has 0 saturated carbocycles. The molecular weight excluding hydrogens is 335 g/mol. The lowest BCUT2D eigenvalue weighted by atomic mass is 9.91. The van der Waals surface area contributed by atoms with Crippen LogP contribution in [-0.2, 0) is 16.1 Å². The Hall–Kier alpha value is -1.95. The molecule has 2 fully saturated rings. The molecule has 142 valence electrons. The highest BCUT2D eigenvalue weighted by Gasteiger charge is 2.34. The molecule has 1 aromatic rings. The number of piperidine rings is 2. The first kappa shape index (κ1) is 18.8. The third-order valence-corrected chi connectivity index (χ3v) is 5.63. The average molecular weight is 362 g/mol. The number of nitrogens with zero attached hydrogens (tertiary/aromatic N) is 2. The predicted molar refractivity (Wildman–Crippen MR) is 95.5 cm³/mol. The van der Waals surface area contributed by atoms with Crippen molar-refractivity contribution in [2.24, 2.45) is 11.8 Å². The predicted octanol–water partition coefficient (Wildman–Crippen LogP) is 2.19. The first-order valence-electron chi connectivity index (χ1n) is 9.49. The van der Waals surface area contributed by atoms with Crippen LogP contribution in [0.4, 0.5) is 4.39 Å². The van der Waals surface area contributed by atoms with Crippen molar-refractivity contribution in [3.8, 4) is 0 Å². The molecule has 2 saturated heterocycles. The fraction of sp³-hybridized carbons (Fsp3) is 0.600. The van der Waals surface area contributed by atoms with E-state index in [4.69, 9.17) is 5.11 Å². The number of amides is 2. The zero-order chi connectivity index (χ0) is 18.5. The molecule has 0 aromatic heterocycles. The largest absolute Gasteiger partial charge is 0.396 e. The Morgan fingerprint density at radius 1 is 1.19 bits per heavy atom. The van der Waals surface area contributed by atoms with E-state index in [1.165, 1.54) is 6.07 Å². The van der Waals surface area contributed by atoms with Crippen molar-refractivity contribution in [2.75, 3.05) is 26.2 Å². The minimum Gasteiger partial charge on any atom is -0.396 e. The molecule has 0 aliphatic carbocycles. The Labute approximate surface area is 153 Å². The van der Waals surface area contributed by atoms with Crippen LogP contribution in [0.15, 0.2) is 24.3 Å². The molecule has 0 radical (unpaired) electrons. The van der Waals surface area contributed by atoms with Gasteiger partial charge in [0.1, 0.15) is 5.82 Å². The van der Waals surface area contributed by atoms with E-state index in [0.29, 0.717) is 30.9 Å². The Morgan fingerprint density at radius 2 is 1.92 bits per heavy atom. The summed E-state index contributed by atoms with van der Waals surface area (Å²) in [7, 11) is 0. The fourth-order valence-electron chi connectivity index (χ4n) is 3.98. The Morgan fingerprint density at radius 3 is 2.62 bits per heavy atom. The van der Waals surface area contributed by atoms with Crippen molar-refractivity contribution in [1.82, 2.24) is 9.80 Å². The number of halogens is 1. The number of benzene rings is 1. The Balaban J connectivity index is 1.58. The number of carbonyl (C=O) groups excluding carboxylic acids is 2. The monoisotopic (exact) mass is 362 g/mol. The molecule has 2 aliphatic heterocycles. The number of hydrogen-bond acceptors (Lipinski definition) is 3. The second-order valence-corrected chi connectivity index (χ2v) is 7.38. The molecule has 0 bridgehead atoms. The number of aliphatic hydroxyl groups excluding tert-OH is 1. The van der Waals surface area contributed by atoms with Crippen LogP contribution in [0.5, 0.6) is 0 Å². The molecular formula is C20H27FN2O3. The SMILES string of the molecule is O=C1CC[C@@H](C(=O)N2CCC(CCO)CC2)CN1Cc1ccccc1F. The molecule has 0 unspecified atom stereocenters. The summed E-state index contributed by atoms with van der Waals surface area (Å²) in [5.41, 5.74) is 0.485. The summed E-state index contributed by atoms with van der Waals surface area (Å²) in [4.78, 5) is 28.6. The maximum atomic E-state index is 13.9. The van der Waals surface area contributed by atoms with Gasteiger partial charge in [0.05, 0.1) is 5.92 Å². The minimum absolute atomic E-state index is 0.0149. The second kappa shape index (κ2) is 8.62. The minimum atomic E-state index is -0.320. The Kier molecular flexibility index (Phi) is 6.25. The normalized spacial score (nSPS) is 21.9. The van der Waals surface area contributed by atoms with E-state index in [0.717, 1.165) is 32.4 Å². The smallest absolute Gasteiger partial charge is 0.227 e. The molecule has 2 heterocycles. The lowest BCUT2D eigenvalue weighted by molar-refractivity contribution is -0.144. The molecule has 5 nitrogen and oxygen atoms in total. The molecule has 1 N–H and O–H groups in total. The van der Waals surface area contributed by atoms with E-state index in [1.54, 1.807) is 23.1 Å². The number of carbonyl (C=O) groups is 2. The summed E-state index contributed by atoms with van der Waals surface area (Å²) in [5.74, 6) is 0.0700. The average Bonchev–Trinajstić information content (AvgIpc) is 2.65. The van der Waals surface area contributed by atoms with Gasteiger partial charge in [0.15, 0.2) is 0 Å². The molecule has 26 heavy (non-hydrogen) atoms. The molecule has 3 rings (SSSR count). The first-order valence-corrected chi connectivity index (χ1v) is 9.49. The molecule has 2 aliphatic rings. The topological polar surface area (TPSA) is 60.9 Å². The lowest BCUT2D eigenvalue weighted by Gasteiger charge is -2.37. The van der Waals surface area contributed by atoms with E-state index in [-0.39, 0.29) is 36.7 Å². The van der Waals surface area contributed by atoms with E-state index in [2.05, 4.69) is 0 Å². The zero-order valence-electron chi connectivity index (χ0n) is 15.1. The zero-order valence-corrected chi connectivity index (χ0v) is 15.1. The maximum absolute atomic E-state index is 13.9. The van der Waals surface area contributed by atoms with Crippen molar-refractivity contribution in [1.29, 1.82) is 0 Å². The second-order valence-electron chi connectivity index (χ2n) is 7.38. The molecule has 0 spiro atoms. The number of rotatable bonds is 5.